The highest BCUT2D eigenvalue weighted by atomic mass is 16.5. The van der Waals surface area contributed by atoms with Crippen LogP contribution in [0.2, 0.25) is 0 Å². The maximum atomic E-state index is 11.4. The molecule has 0 fully saturated rings. The minimum Gasteiger partial charge on any atom is -0.463 e. The highest BCUT2D eigenvalue weighted by Crippen LogP contribution is 2.11. The first-order chi connectivity index (χ1) is 8.65. The van der Waals surface area contributed by atoms with Gasteiger partial charge >= 0.3 is 5.97 Å². The molecule has 3 nitrogen and oxygen atoms in total. The van der Waals surface area contributed by atoms with E-state index in [0.717, 1.165) is 18.4 Å². The van der Waals surface area contributed by atoms with Crippen LogP contribution in [0.1, 0.15) is 42.6 Å². The Morgan fingerprint density at radius 2 is 2.00 bits per heavy atom. The maximum absolute atomic E-state index is 11.4. The van der Waals surface area contributed by atoms with Gasteiger partial charge in [-0.25, -0.2) is 4.79 Å². The van der Waals surface area contributed by atoms with Crippen LogP contribution in [0.15, 0.2) is 30.3 Å². The summed E-state index contributed by atoms with van der Waals surface area (Å²) >= 11 is 0. The van der Waals surface area contributed by atoms with Gasteiger partial charge in [0.05, 0.1) is 6.61 Å². The molecule has 0 aliphatic rings. The number of Topliss-reactive ketones (excluding diaryl/α,β-unsaturated/α-hetero) is 1. The second-order valence-corrected chi connectivity index (χ2v) is 4.00. The molecule has 0 aliphatic heterocycles. The number of unbranched alkanes of at least 4 members (excludes halogenated alkanes) is 1. The van der Waals surface area contributed by atoms with Gasteiger partial charge in [-0.1, -0.05) is 37.6 Å². The molecule has 0 amide bonds. The van der Waals surface area contributed by atoms with Crippen molar-refractivity contribution in [2.75, 3.05) is 6.61 Å². The van der Waals surface area contributed by atoms with Gasteiger partial charge in [0.1, 0.15) is 0 Å². The van der Waals surface area contributed by atoms with E-state index in [2.05, 4.69) is 0 Å². The molecule has 0 heterocycles. The molecule has 1 aromatic rings. The molecule has 18 heavy (non-hydrogen) atoms. The fourth-order valence-corrected chi connectivity index (χ4v) is 1.49. The molecular weight excluding hydrogens is 228 g/mol. The van der Waals surface area contributed by atoms with Crippen molar-refractivity contribution in [2.45, 2.75) is 26.7 Å². The zero-order valence-corrected chi connectivity index (χ0v) is 10.8. The number of hydrogen-bond acceptors (Lipinski definition) is 3. The van der Waals surface area contributed by atoms with Crippen molar-refractivity contribution in [3.05, 3.63) is 41.5 Å². The molecule has 0 aliphatic carbocycles. The summed E-state index contributed by atoms with van der Waals surface area (Å²) in [6.07, 6.45) is 4.83. The Morgan fingerprint density at radius 1 is 1.28 bits per heavy atom. The molecule has 3 heteroatoms. The van der Waals surface area contributed by atoms with Crippen molar-refractivity contribution in [3.63, 3.8) is 0 Å². The van der Waals surface area contributed by atoms with Gasteiger partial charge in [0.25, 0.3) is 0 Å². The number of ether oxygens (including phenoxy) is 1. The largest absolute Gasteiger partial charge is 0.463 e. The van der Waals surface area contributed by atoms with E-state index in [1.807, 2.05) is 13.0 Å². The molecular formula is C15H18O3. The van der Waals surface area contributed by atoms with Crippen LogP contribution in [0, 0.1) is 0 Å². The van der Waals surface area contributed by atoms with Crippen LogP contribution in [0.4, 0.5) is 0 Å². The molecule has 0 saturated heterocycles. The predicted octanol–water partition coefficient (Wildman–Crippen LogP) is 3.25. The fourth-order valence-electron chi connectivity index (χ4n) is 1.49. The zero-order valence-electron chi connectivity index (χ0n) is 10.8. The summed E-state index contributed by atoms with van der Waals surface area (Å²) in [5.74, 6) is -0.392. The Morgan fingerprint density at radius 3 is 2.67 bits per heavy atom. The average molecular weight is 246 g/mol. The summed E-state index contributed by atoms with van der Waals surface area (Å²) in [6, 6.07) is 7.17. The predicted molar refractivity (Wildman–Crippen MR) is 71.3 cm³/mol. The molecule has 0 saturated carbocycles. The Balaban J connectivity index is 2.66. The summed E-state index contributed by atoms with van der Waals surface area (Å²) in [7, 11) is 0. The maximum Gasteiger partial charge on any atom is 0.330 e. The van der Waals surface area contributed by atoms with Crippen LogP contribution < -0.4 is 0 Å². The van der Waals surface area contributed by atoms with Crippen molar-refractivity contribution in [2.24, 2.45) is 0 Å². The third-order valence-electron chi connectivity index (χ3n) is 2.48. The Hall–Kier alpha value is -1.90. The third kappa shape index (κ3) is 4.53. The second-order valence-electron chi connectivity index (χ2n) is 4.00. The quantitative estimate of drug-likeness (QED) is 0.335. The van der Waals surface area contributed by atoms with E-state index in [1.54, 1.807) is 24.3 Å². The van der Waals surface area contributed by atoms with Gasteiger partial charge in [-0.2, -0.15) is 0 Å². The highest BCUT2D eigenvalue weighted by Gasteiger charge is 2.04. The first-order valence-corrected chi connectivity index (χ1v) is 6.10. The van der Waals surface area contributed by atoms with E-state index in [4.69, 9.17) is 4.74 Å². The lowest BCUT2D eigenvalue weighted by Crippen LogP contribution is -2.02. The van der Waals surface area contributed by atoms with Gasteiger partial charge in [-0.05, 0) is 25.0 Å². The van der Waals surface area contributed by atoms with Crippen LogP contribution >= 0.6 is 0 Å². The minimum atomic E-state index is -0.373. The van der Waals surface area contributed by atoms with Crippen LogP contribution in [0.3, 0.4) is 0 Å². The van der Waals surface area contributed by atoms with Crippen molar-refractivity contribution >= 4 is 17.8 Å². The van der Waals surface area contributed by atoms with E-state index in [0.29, 0.717) is 12.2 Å². The lowest BCUT2D eigenvalue weighted by atomic mass is 10.0. The summed E-state index contributed by atoms with van der Waals surface area (Å²) in [5, 5.41) is 0. The Labute approximate surface area is 107 Å². The van der Waals surface area contributed by atoms with Crippen LogP contribution in [-0.4, -0.2) is 18.4 Å². The molecule has 0 unspecified atom stereocenters. The first kappa shape index (κ1) is 14.2. The number of benzene rings is 1. The van der Waals surface area contributed by atoms with Crippen molar-refractivity contribution in [1.29, 1.82) is 0 Å². The van der Waals surface area contributed by atoms with Crippen molar-refractivity contribution in [1.82, 2.24) is 0 Å². The minimum absolute atomic E-state index is 0.0189. The number of ketones is 1. The van der Waals surface area contributed by atoms with E-state index in [-0.39, 0.29) is 11.8 Å². The van der Waals surface area contributed by atoms with Gasteiger partial charge in [-0.3, -0.25) is 4.79 Å². The van der Waals surface area contributed by atoms with Gasteiger partial charge in [-0.15, -0.1) is 0 Å². The molecule has 1 rings (SSSR count). The van der Waals surface area contributed by atoms with E-state index in [9.17, 15) is 9.59 Å². The van der Waals surface area contributed by atoms with Crippen LogP contribution in [0.5, 0.6) is 0 Å². The van der Waals surface area contributed by atoms with Gasteiger partial charge in [0.15, 0.2) is 5.78 Å². The van der Waals surface area contributed by atoms with E-state index in [1.165, 1.54) is 13.0 Å². The number of carbonyl (C=O) groups is 2. The third-order valence-corrected chi connectivity index (χ3v) is 2.48. The molecule has 96 valence electrons. The Kier molecular flexibility index (Phi) is 5.85. The molecule has 0 bridgehead atoms. The summed E-state index contributed by atoms with van der Waals surface area (Å²) in [6.45, 7) is 3.98. The standard InChI is InChI=1S/C15H18O3/c1-3-4-11-18-15(17)10-9-13-7-5-6-8-14(13)12(2)16/h5-10H,3-4,11H2,1-2H3/b10-9+. The molecule has 0 N–H and O–H groups in total. The van der Waals surface area contributed by atoms with Gasteiger partial charge < -0.3 is 4.74 Å². The summed E-state index contributed by atoms with van der Waals surface area (Å²) in [4.78, 5) is 22.8. The molecule has 0 spiro atoms. The molecule has 0 atom stereocenters. The van der Waals surface area contributed by atoms with Crippen molar-refractivity contribution in [3.8, 4) is 0 Å². The number of rotatable bonds is 6. The Bertz CT molecular complexity index is 447. The lowest BCUT2D eigenvalue weighted by molar-refractivity contribution is -0.137. The molecule has 1 aromatic carbocycles. The second kappa shape index (κ2) is 7.43. The van der Waals surface area contributed by atoms with Crippen molar-refractivity contribution < 1.29 is 14.3 Å². The summed E-state index contributed by atoms with van der Waals surface area (Å²) in [5.41, 5.74) is 1.34. The van der Waals surface area contributed by atoms with Gasteiger partial charge in [0, 0.05) is 11.6 Å². The SMILES string of the molecule is CCCCOC(=O)/C=C/c1ccccc1C(C)=O. The van der Waals surface area contributed by atoms with E-state index < -0.39 is 0 Å². The number of carbonyl (C=O) groups excluding carboxylic acids is 2. The van der Waals surface area contributed by atoms with E-state index >= 15 is 0 Å². The zero-order chi connectivity index (χ0) is 13.4. The van der Waals surface area contributed by atoms with Crippen LogP contribution in [-0.2, 0) is 9.53 Å². The monoisotopic (exact) mass is 246 g/mol. The normalized spacial score (nSPS) is 10.6. The van der Waals surface area contributed by atoms with Crippen LogP contribution in [0.25, 0.3) is 6.08 Å². The topological polar surface area (TPSA) is 43.4 Å². The molecule has 0 aromatic heterocycles. The summed E-state index contributed by atoms with van der Waals surface area (Å²) < 4.78 is 4.99. The first-order valence-electron chi connectivity index (χ1n) is 6.10. The average Bonchev–Trinajstić information content (AvgIpc) is 2.37. The van der Waals surface area contributed by atoms with Gasteiger partial charge in [0.2, 0.25) is 0 Å². The number of hydrogen-bond donors (Lipinski definition) is 0. The molecule has 0 radical (unpaired) electrons. The number of esters is 1. The fraction of sp³-hybridized carbons (Fsp3) is 0.333. The smallest absolute Gasteiger partial charge is 0.330 e. The highest BCUT2D eigenvalue weighted by molar-refractivity contribution is 5.99. The lowest BCUT2D eigenvalue weighted by Gasteiger charge is -2.02.